The van der Waals surface area contributed by atoms with Crippen molar-refractivity contribution in [3.8, 4) is 0 Å². The first-order valence-corrected chi connectivity index (χ1v) is 7.26. The van der Waals surface area contributed by atoms with E-state index in [1.165, 1.54) is 6.08 Å². The van der Waals surface area contributed by atoms with E-state index >= 15 is 0 Å². The third-order valence-corrected chi connectivity index (χ3v) is 4.01. The summed E-state index contributed by atoms with van der Waals surface area (Å²) in [6.45, 7) is 2.10. The average molecular weight is 287 g/mol. The number of aliphatic hydroxyl groups is 1. The van der Waals surface area contributed by atoms with E-state index in [9.17, 15) is 9.90 Å². The third-order valence-electron chi connectivity index (χ3n) is 2.79. The minimum absolute atomic E-state index is 0.205. The number of benzene rings is 1. The first-order valence-electron chi connectivity index (χ1n) is 6.44. The van der Waals surface area contributed by atoms with Crippen LogP contribution in [0, 0.1) is 0 Å². The molecule has 1 aromatic carbocycles. The Morgan fingerprint density at radius 3 is 2.95 bits per heavy atom. The lowest BCUT2D eigenvalue weighted by atomic mass is 10.2. The van der Waals surface area contributed by atoms with Gasteiger partial charge in [-0.05, 0) is 24.4 Å². The summed E-state index contributed by atoms with van der Waals surface area (Å²) >= 11 is 1.55. The average Bonchev–Trinajstić information content (AvgIpc) is 2.89. The fraction of sp³-hybridized carbons (Fsp3) is 0.188. The van der Waals surface area contributed by atoms with Crippen molar-refractivity contribution in [3.63, 3.8) is 0 Å². The van der Waals surface area contributed by atoms with Crippen molar-refractivity contribution in [2.24, 2.45) is 0 Å². The number of amides is 1. The quantitative estimate of drug-likeness (QED) is 0.655. The van der Waals surface area contributed by atoms with Crippen LogP contribution in [0.5, 0.6) is 0 Å². The zero-order chi connectivity index (χ0) is 14.4. The molecule has 0 aliphatic heterocycles. The molecule has 0 bridgehead atoms. The van der Waals surface area contributed by atoms with Crippen molar-refractivity contribution in [1.82, 2.24) is 5.32 Å². The second-order valence-corrected chi connectivity index (χ2v) is 5.45. The van der Waals surface area contributed by atoms with E-state index < -0.39 is 6.10 Å². The predicted octanol–water partition coefficient (Wildman–Crippen LogP) is 3.18. The highest BCUT2D eigenvalue weighted by molar-refractivity contribution is 7.19. The number of nitrogens with one attached hydrogen (secondary N) is 1. The first-order chi connectivity index (χ1) is 9.70. The van der Waals surface area contributed by atoms with Crippen LogP contribution in [-0.4, -0.2) is 17.6 Å². The van der Waals surface area contributed by atoms with Gasteiger partial charge >= 0.3 is 0 Å². The number of allylic oxidation sites excluding steroid dienone is 3. The standard InChI is InChI=1S/C16H17NO2S/c1-2-3-4-9-16(19)17-11-13(18)15-10-12-7-5-6-8-14(12)20-15/h2-10,13,18H,11H2,1H3,(H,17,19). The molecule has 2 rings (SSSR count). The minimum Gasteiger partial charge on any atom is -0.386 e. The van der Waals surface area contributed by atoms with Crippen LogP contribution in [0.4, 0.5) is 0 Å². The minimum atomic E-state index is -0.675. The Morgan fingerprint density at radius 1 is 1.40 bits per heavy atom. The van der Waals surface area contributed by atoms with Gasteiger partial charge in [0.15, 0.2) is 0 Å². The summed E-state index contributed by atoms with van der Waals surface area (Å²) < 4.78 is 1.14. The van der Waals surface area contributed by atoms with Crippen LogP contribution in [-0.2, 0) is 4.79 Å². The Balaban J connectivity index is 1.94. The summed E-state index contributed by atoms with van der Waals surface area (Å²) in [5.74, 6) is -0.205. The van der Waals surface area contributed by atoms with Crippen molar-refractivity contribution >= 4 is 27.3 Å². The van der Waals surface area contributed by atoms with Crippen molar-refractivity contribution in [3.05, 3.63) is 59.5 Å². The van der Waals surface area contributed by atoms with Gasteiger partial charge in [-0.3, -0.25) is 4.79 Å². The van der Waals surface area contributed by atoms with E-state index in [-0.39, 0.29) is 12.5 Å². The zero-order valence-corrected chi connectivity index (χ0v) is 12.1. The number of carbonyl (C=O) groups is 1. The Labute approximate surface area is 122 Å². The van der Waals surface area contributed by atoms with Crippen LogP contribution in [0.2, 0.25) is 0 Å². The molecule has 1 atom stereocenters. The monoisotopic (exact) mass is 287 g/mol. The summed E-state index contributed by atoms with van der Waals surface area (Å²) in [6.07, 6.45) is 6.06. The molecule has 2 N–H and O–H groups in total. The Bertz CT molecular complexity index is 610. The van der Waals surface area contributed by atoms with Gasteiger partial charge < -0.3 is 10.4 Å². The third kappa shape index (κ3) is 3.79. The smallest absolute Gasteiger partial charge is 0.244 e. The van der Waals surface area contributed by atoms with Crippen molar-refractivity contribution in [1.29, 1.82) is 0 Å². The summed E-state index contributed by atoms with van der Waals surface area (Å²) in [5.41, 5.74) is 0. The van der Waals surface area contributed by atoms with E-state index in [2.05, 4.69) is 5.32 Å². The van der Waals surface area contributed by atoms with Gasteiger partial charge in [-0.15, -0.1) is 11.3 Å². The summed E-state index contributed by atoms with van der Waals surface area (Å²) in [4.78, 5) is 12.4. The molecular formula is C16H17NO2S. The molecule has 0 saturated heterocycles. The van der Waals surface area contributed by atoms with Gasteiger partial charge in [0, 0.05) is 22.2 Å². The highest BCUT2D eigenvalue weighted by Gasteiger charge is 2.11. The Morgan fingerprint density at radius 2 is 2.20 bits per heavy atom. The van der Waals surface area contributed by atoms with Crippen molar-refractivity contribution in [2.75, 3.05) is 6.54 Å². The van der Waals surface area contributed by atoms with Crippen LogP contribution in [0.3, 0.4) is 0 Å². The van der Waals surface area contributed by atoms with Crippen LogP contribution in [0.15, 0.2) is 54.6 Å². The number of hydrogen-bond donors (Lipinski definition) is 2. The van der Waals surface area contributed by atoms with Crippen LogP contribution in [0.1, 0.15) is 17.9 Å². The zero-order valence-electron chi connectivity index (χ0n) is 11.2. The molecule has 1 unspecified atom stereocenters. The molecule has 1 amide bonds. The molecule has 3 nitrogen and oxygen atoms in total. The maximum atomic E-state index is 11.5. The molecule has 0 aliphatic rings. The van der Waals surface area contributed by atoms with Crippen molar-refractivity contribution in [2.45, 2.75) is 13.0 Å². The molecule has 0 spiro atoms. The second kappa shape index (κ2) is 7.03. The normalized spacial score (nSPS) is 13.3. The molecule has 1 heterocycles. The number of carbonyl (C=O) groups excluding carboxylic acids is 1. The lowest BCUT2D eigenvalue weighted by Crippen LogP contribution is -2.26. The molecule has 0 aliphatic carbocycles. The van der Waals surface area contributed by atoms with E-state index in [0.29, 0.717) is 0 Å². The molecule has 104 valence electrons. The summed E-state index contributed by atoms with van der Waals surface area (Å²) in [6, 6.07) is 9.95. The van der Waals surface area contributed by atoms with E-state index in [4.69, 9.17) is 0 Å². The number of hydrogen-bond acceptors (Lipinski definition) is 3. The van der Waals surface area contributed by atoms with Gasteiger partial charge in [-0.2, -0.15) is 0 Å². The predicted molar refractivity (Wildman–Crippen MR) is 83.7 cm³/mol. The summed E-state index contributed by atoms with van der Waals surface area (Å²) in [5, 5.41) is 13.9. The number of thiophene rings is 1. The van der Waals surface area contributed by atoms with Crippen LogP contribution < -0.4 is 5.32 Å². The Hall–Kier alpha value is -1.91. The number of aliphatic hydroxyl groups excluding tert-OH is 1. The molecule has 0 fully saturated rings. The first kappa shape index (κ1) is 14.5. The molecule has 4 heteroatoms. The topological polar surface area (TPSA) is 49.3 Å². The van der Waals surface area contributed by atoms with Crippen molar-refractivity contribution < 1.29 is 9.90 Å². The summed E-state index contributed by atoms with van der Waals surface area (Å²) in [7, 11) is 0. The lowest BCUT2D eigenvalue weighted by Gasteiger charge is -2.08. The largest absolute Gasteiger partial charge is 0.386 e. The van der Waals surface area contributed by atoms with Gasteiger partial charge in [0.25, 0.3) is 0 Å². The second-order valence-electron chi connectivity index (χ2n) is 4.33. The molecule has 2 aromatic rings. The van der Waals surface area contributed by atoms with Crippen LogP contribution >= 0.6 is 11.3 Å². The SMILES string of the molecule is CC=CC=CC(=O)NCC(O)c1cc2ccccc2s1. The highest BCUT2D eigenvalue weighted by atomic mass is 32.1. The molecular weight excluding hydrogens is 270 g/mol. The van der Waals surface area contributed by atoms with Gasteiger partial charge in [-0.25, -0.2) is 0 Å². The highest BCUT2D eigenvalue weighted by Crippen LogP contribution is 2.29. The fourth-order valence-corrected chi connectivity index (χ4v) is 2.83. The Kier molecular flexibility index (Phi) is 5.09. The van der Waals surface area contributed by atoms with Gasteiger partial charge in [0.2, 0.25) is 5.91 Å². The maximum absolute atomic E-state index is 11.5. The maximum Gasteiger partial charge on any atom is 0.244 e. The van der Waals surface area contributed by atoms with E-state index in [0.717, 1.165) is 15.0 Å². The van der Waals surface area contributed by atoms with E-state index in [1.807, 2.05) is 43.3 Å². The molecule has 20 heavy (non-hydrogen) atoms. The molecule has 0 radical (unpaired) electrons. The van der Waals surface area contributed by atoms with Gasteiger partial charge in [0.1, 0.15) is 6.10 Å². The lowest BCUT2D eigenvalue weighted by molar-refractivity contribution is -0.116. The number of rotatable bonds is 5. The van der Waals surface area contributed by atoms with Crippen LogP contribution in [0.25, 0.3) is 10.1 Å². The van der Waals surface area contributed by atoms with Gasteiger partial charge in [0.05, 0.1) is 0 Å². The molecule has 0 saturated carbocycles. The van der Waals surface area contributed by atoms with Gasteiger partial charge in [-0.1, -0.05) is 36.4 Å². The van der Waals surface area contributed by atoms with E-state index in [1.54, 1.807) is 23.5 Å². The number of fused-ring (bicyclic) bond motifs is 1. The fourth-order valence-electron chi connectivity index (χ4n) is 1.78. The molecule has 1 aromatic heterocycles.